The molecule has 2 unspecified atom stereocenters. The number of carbonyl (C=O) groups excluding carboxylic acids is 2. The van der Waals surface area contributed by atoms with Crippen LogP contribution in [0.1, 0.15) is 19.4 Å². The van der Waals surface area contributed by atoms with Gasteiger partial charge >= 0.3 is 5.97 Å². The Bertz CT molecular complexity index is 384. The molecule has 0 radical (unpaired) electrons. The van der Waals surface area contributed by atoms with Crippen LogP contribution in [0, 0.1) is 5.92 Å². The van der Waals surface area contributed by atoms with E-state index in [-0.39, 0.29) is 6.61 Å². The van der Waals surface area contributed by atoms with E-state index in [0.29, 0.717) is 0 Å². The third-order valence-corrected chi connectivity index (χ3v) is 2.40. The topological polar surface area (TPSA) is 63.6 Å². The van der Waals surface area contributed by atoms with Gasteiger partial charge in [0.15, 0.2) is 0 Å². The molecule has 0 bridgehead atoms. The first-order valence-electron chi connectivity index (χ1n) is 5.41. The highest BCUT2D eigenvalue weighted by atomic mass is 16.5. The van der Waals surface area contributed by atoms with E-state index in [1.54, 1.807) is 0 Å². The van der Waals surface area contributed by atoms with Crippen LogP contribution in [0.4, 0.5) is 0 Å². The first kappa shape index (κ1) is 13.4. The first-order chi connectivity index (χ1) is 8.02. The third-order valence-electron chi connectivity index (χ3n) is 2.40. The van der Waals surface area contributed by atoms with Gasteiger partial charge in [-0.2, -0.15) is 0 Å². The predicted octanol–water partition coefficient (Wildman–Crippen LogP) is 1.32. The molecule has 1 aromatic rings. The molecule has 2 atom stereocenters. The van der Waals surface area contributed by atoms with Gasteiger partial charge in [0.25, 0.3) is 0 Å². The maximum absolute atomic E-state index is 11.6. The number of rotatable bonds is 5. The van der Waals surface area contributed by atoms with E-state index in [0.717, 1.165) is 5.56 Å². The molecule has 0 aromatic heterocycles. The zero-order chi connectivity index (χ0) is 12.8. The van der Waals surface area contributed by atoms with Crippen molar-refractivity contribution in [3.05, 3.63) is 35.9 Å². The van der Waals surface area contributed by atoms with E-state index in [2.05, 4.69) is 0 Å². The number of Topliss-reactive ketones (excluding diaryl/α,β-unsaturated/α-hetero) is 1. The second kappa shape index (κ2) is 6.15. The molecule has 0 spiro atoms. The molecule has 4 nitrogen and oxygen atoms in total. The van der Waals surface area contributed by atoms with Crippen LogP contribution in [0.25, 0.3) is 0 Å². The zero-order valence-electron chi connectivity index (χ0n) is 9.92. The van der Waals surface area contributed by atoms with Gasteiger partial charge in [0.1, 0.15) is 18.3 Å². The fraction of sp³-hybridized carbons (Fsp3) is 0.385. The zero-order valence-corrected chi connectivity index (χ0v) is 9.92. The van der Waals surface area contributed by atoms with E-state index in [4.69, 9.17) is 4.74 Å². The van der Waals surface area contributed by atoms with Gasteiger partial charge in [-0.1, -0.05) is 30.3 Å². The van der Waals surface area contributed by atoms with Gasteiger partial charge < -0.3 is 9.84 Å². The van der Waals surface area contributed by atoms with Crippen LogP contribution >= 0.6 is 0 Å². The Balaban J connectivity index is 2.57. The molecule has 0 saturated heterocycles. The molecule has 0 saturated carbocycles. The van der Waals surface area contributed by atoms with Crippen molar-refractivity contribution in [3.63, 3.8) is 0 Å². The van der Waals surface area contributed by atoms with Crippen LogP contribution in [0.15, 0.2) is 30.3 Å². The quantitative estimate of drug-likeness (QED) is 0.618. The lowest BCUT2D eigenvalue weighted by molar-refractivity contribution is -0.156. The Morgan fingerprint density at radius 1 is 1.29 bits per heavy atom. The van der Waals surface area contributed by atoms with Crippen LogP contribution < -0.4 is 0 Å². The molecule has 0 aliphatic rings. The van der Waals surface area contributed by atoms with Crippen LogP contribution in [-0.4, -0.2) is 23.0 Å². The normalized spacial score (nSPS) is 13.8. The van der Waals surface area contributed by atoms with Gasteiger partial charge in [-0.05, 0) is 19.4 Å². The molecule has 0 heterocycles. The average molecular weight is 236 g/mol. The molecule has 0 amide bonds. The van der Waals surface area contributed by atoms with Crippen LogP contribution in [-0.2, 0) is 20.9 Å². The number of aliphatic hydroxyl groups excluding tert-OH is 1. The summed E-state index contributed by atoms with van der Waals surface area (Å²) in [7, 11) is 0. The lowest BCUT2D eigenvalue weighted by Crippen LogP contribution is -2.33. The molecule has 17 heavy (non-hydrogen) atoms. The molecule has 1 N–H and O–H groups in total. The summed E-state index contributed by atoms with van der Waals surface area (Å²) >= 11 is 0. The lowest BCUT2D eigenvalue weighted by Gasteiger charge is -2.15. The minimum absolute atomic E-state index is 0.107. The first-order valence-corrected chi connectivity index (χ1v) is 5.41. The lowest BCUT2D eigenvalue weighted by atomic mass is 10.00. The second-order valence-electron chi connectivity index (χ2n) is 3.92. The minimum Gasteiger partial charge on any atom is -0.460 e. The van der Waals surface area contributed by atoms with Crippen molar-refractivity contribution in [1.29, 1.82) is 0 Å². The second-order valence-corrected chi connectivity index (χ2v) is 3.92. The number of carbonyl (C=O) groups is 2. The molecule has 0 aliphatic carbocycles. The fourth-order valence-electron chi connectivity index (χ4n) is 1.52. The Morgan fingerprint density at radius 3 is 2.35 bits per heavy atom. The SMILES string of the molecule is CC(=O)C(C(=O)OCc1ccccc1)C(C)O. The number of hydrogen-bond donors (Lipinski definition) is 1. The van der Waals surface area contributed by atoms with Crippen LogP contribution in [0.3, 0.4) is 0 Å². The van der Waals surface area contributed by atoms with E-state index in [1.165, 1.54) is 13.8 Å². The molecule has 1 aromatic carbocycles. The van der Waals surface area contributed by atoms with Gasteiger partial charge in [-0.15, -0.1) is 0 Å². The van der Waals surface area contributed by atoms with Gasteiger partial charge in [0.2, 0.25) is 0 Å². The maximum atomic E-state index is 11.6. The highest BCUT2D eigenvalue weighted by molar-refractivity contribution is 5.98. The summed E-state index contributed by atoms with van der Waals surface area (Å²) in [5.74, 6) is -2.17. The standard InChI is InChI=1S/C13H16O4/c1-9(14)12(10(2)15)13(16)17-8-11-6-4-3-5-7-11/h3-7,9,12,14H,8H2,1-2H3. The summed E-state index contributed by atoms with van der Waals surface area (Å²) in [4.78, 5) is 22.8. The monoisotopic (exact) mass is 236 g/mol. The number of ether oxygens (including phenoxy) is 1. The van der Waals surface area contributed by atoms with E-state index in [9.17, 15) is 14.7 Å². The molecular weight excluding hydrogens is 220 g/mol. The van der Waals surface area contributed by atoms with Gasteiger partial charge in [0, 0.05) is 0 Å². The summed E-state index contributed by atoms with van der Waals surface area (Å²) in [6.45, 7) is 2.77. The third kappa shape index (κ3) is 4.00. The molecule has 1 rings (SSSR count). The Morgan fingerprint density at radius 2 is 1.88 bits per heavy atom. The highest BCUT2D eigenvalue weighted by Gasteiger charge is 2.29. The number of benzene rings is 1. The predicted molar refractivity (Wildman–Crippen MR) is 62.1 cm³/mol. The molecule has 0 aliphatic heterocycles. The summed E-state index contributed by atoms with van der Waals surface area (Å²) < 4.78 is 4.99. The van der Waals surface area contributed by atoms with Crippen LogP contribution in [0.2, 0.25) is 0 Å². The van der Waals surface area contributed by atoms with E-state index < -0.39 is 23.8 Å². The van der Waals surface area contributed by atoms with Crippen molar-refractivity contribution >= 4 is 11.8 Å². The van der Waals surface area contributed by atoms with Crippen molar-refractivity contribution in [1.82, 2.24) is 0 Å². The Kier molecular flexibility index (Phi) is 4.84. The van der Waals surface area contributed by atoms with Crippen molar-refractivity contribution < 1.29 is 19.4 Å². The summed E-state index contributed by atoms with van der Waals surface area (Å²) in [6.07, 6.45) is -1.03. The van der Waals surface area contributed by atoms with Gasteiger partial charge in [0.05, 0.1) is 6.10 Å². The van der Waals surface area contributed by atoms with Crippen LogP contribution in [0.5, 0.6) is 0 Å². The largest absolute Gasteiger partial charge is 0.460 e. The number of esters is 1. The molecule has 0 fully saturated rings. The average Bonchev–Trinajstić information content (AvgIpc) is 2.27. The Hall–Kier alpha value is -1.68. The maximum Gasteiger partial charge on any atom is 0.319 e. The van der Waals surface area contributed by atoms with Crippen molar-refractivity contribution in [3.8, 4) is 0 Å². The van der Waals surface area contributed by atoms with Crippen molar-refractivity contribution in [2.75, 3.05) is 0 Å². The minimum atomic E-state index is -1.10. The number of aliphatic hydroxyl groups is 1. The molecular formula is C13H16O4. The number of hydrogen-bond acceptors (Lipinski definition) is 4. The van der Waals surface area contributed by atoms with Gasteiger partial charge in [-0.25, -0.2) is 0 Å². The molecule has 92 valence electrons. The van der Waals surface area contributed by atoms with Crippen molar-refractivity contribution in [2.45, 2.75) is 26.6 Å². The summed E-state index contributed by atoms with van der Waals surface area (Å²) in [5.41, 5.74) is 0.841. The van der Waals surface area contributed by atoms with Gasteiger partial charge in [-0.3, -0.25) is 9.59 Å². The Labute approximate surface area is 100 Å². The smallest absolute Gasteiger partial charge is 0.319 e. The summed E-state index contributed by atoms with van der Waals surface area (Å²) in [5, 5.41) is 9.33. The van der Waals surface area contributed by atoms with Crippen molar-refractivity contribution in [2.24, 2.45) is 5.92 Å². The molecule has 4 heteroatoms. The number of ketones is 1. The van der Waals surface area contributed by atoms with E-state index in [1.807, 2.05) is 30.3 Å². The highest BCUT2D eigenvalue weighted by Crippen LogP contribution is 2.10. The van der Waals surface area contributed by atoms with E-state index >= 15 is 0 Å². The fourth-order valence-corrected chi connectivity index (χ4v) is 1.52. The summed E-state index contributed by atoms with van der Waals surface area (Å²) in [6, 6.07) is 9.16.